The van der Waals surface area contributed by atoms with Gasteiger partial charge in [0.05, 0.1) is 11.2 Å². The molecular formula is C26H32BNO2. The number of hydrogen-bond acceptors (Lipinski definition) is 3. The van der Waals surface area contributed by atoms with Crippen molar-refractivity contribution in [3.8, 4) is 0 Å². The molecule has 0 N–H and O–H groups in total. The van der Waals surface area contributed by atoms with Crippen LogP contribution in [0.5, 0.6) is 0 Å². The van der Waals surface area contributed by atoms with E-state index in [4.69, 9.17) is 9.31 Å². The Bertz CT molecular complexity index is 975. The molecule has 1 saturated heterocycles. The predicted molar refractivity (Wildman–Crippen MR) is 127 cm³/mol. The molecule has 2 heterocycles. The van der Waals surface area contributed by atoms with E-state index >= 15 is 0 Å². The summed E-state index contributed by atoms with van der Waals surface area (Å²) in [5.41, 5.74) is 5.26. The van der Waals surface area contributed by atoms with Crippen molar-refractivity contribution >= 4 is 24.0 Å². The average molecular weight is 401 g/mol. The maximum atomic E-state index is 6.33. The van der Waals surface area contributed by atoms with Gasteiger partial charge in [0.15, 0.2) is 0 Å². The Hall–Kier alpha value is -2.30. The van der Waals surface area contributed by atoms with Crippen LogP contribution in [-0.2, 0) is 14.7 Å². The molecule has 0 aliphatic carbocycles. The third kappa shape index (κ3) is 3.32. The molecule has 1 fully saturated rings. The maximum absolute atomic E-state index is 6.33. The first-order valence-electron chi connectivity index (χ1n) is 10.7. The summed E-state index contributed by atoms with van der Waals surface area (Å²) in [6.45, 7) is 17.7. The van der Waals surface area contributed by atoms with Crippen LogP contribution in [0, 0.1) is 0 Å². The highest BCUT2D eigenvalue weighted by molar-refractivity contribution is 6.62. The second kappa shape index (κ2) is 7.14. The van der Waals surface area contributed by atoms with E-state index in [1.807, 2.05) is 6.08 Å². The third-order valence-corrected chi connectivity index (χ3v) is 7.03. The monoisotopic (exact) mass is 401 g/mol. The van der Waals surface area contributed by atoms with E-state index < -0.39 is 0 Å². The van der Waals surface area contributed by atoms with Gasteiger partial charge in [0.2, 0.25) is 0 Å². The molecule has 2 aromatic rings. The van der Waals surface area contributed by atoms with Crippen molar-refractivity contribution in [2.24, 2.45) is 0 Å². The second-order valence-corrected chi connectivity index (χ2v) is 9.84. The fourth-order valence-corrected chi connectivity index (χ4v) is 4.28. The molecule has 0 radical (unpaired) electrons. The number of allylic oxidation sites excluding steroid dienone is 2. The number of anilines is 2. The second-order valence-electron chi connectivity index (χ2n) is 9.84. The predicted octanol–water partition coefficient (Wildman–Crippen LogP) is 5.53. The lowest BCUT2D eigenvalue weighted by Gasteiger charge is -2.43. The Kier molecular flexibility index (Phi) is 4.99. The molecule has 0 spiro atoms. The molecule has 0 unspecified atom stereocenters. The van der Waals surface area contributed by atoms with Gasteiger partial charge in [0, 0.05) is 23.3 Å². The molecule has 0 atom stereocenters. The van der Waals surface area contributed by atoms with E-state index in [0.717, 1.165) is 12.0 Å². The van der Waals surface area contributed by atoms with Gasteiger partial charge in [-0.2, -0.15) is 0 Å². The van der Waals surface area contributed by atoms with Gasteiger partial charge >= 0.3 is 7.12 Å². The van der Waals surface area contributed by atoms with Crippen LogP contribution in [0.2, 0.25) is 0 Å². The fraction of sp³-hybridized carbons (Fsp3) is 0.385. The summed E-state index contributed by atoms with van der Waals surface area (Å²) >= 11 is 0. The Morgan fingerprint density at radius 3 is 2.17 bits per heavy atom. The van der Waals surface area contributed by atoms with Gasteiger partial charge in [0.1, 0.15) is 0 Å². The van der Waals surface area contributed by atoms with Gasteiger partial charge in [-0.25, -0.2) is 0 Å². The number of hydrogen-bond donors (Lipinski definition) is 0. The largest absolute Gasteiger partial charge is 0.494 e. The SMILES string of the molecule is C=C/C=C1\CN(c2ccccc2)c2ccc(B3OC(C)(C)C(C)(C)O3)cc2C1(C)C. The van der Waals surface area contributed by atoms with Crippen molar-refractivity contribution in [1.82, 2.24) is 0 Å². The minimum absolute atomic E-state index is 0.117. The van der Waals surface area contributed by atoms with E-state index in [1.165, 1.54) is 22.5 Å². The molecule has 0 amide bonds. The summed E-state index contributed by atoms with van der Waals surface area (Å²) in [5.74, 6) is 0. The van der Waals surface area contributed by atoms with Gasteiger partial charge in [-0.1, -0.05) is 62.9 Å². The first kappa shape index (κ1) is 21.0. The molecule has 0 aromatic heterocycles. The van der Waals surface area contributed by atoms with Crippen molar-refractivity contribution in [2.75, 3.05) is 11.4 Å². The van der Waals surface area contributed by atoms with Crippen molar-refractivity contribution in [3.63, 3.8) is 0 Å². The highest BCUT2D eigenvalue weighted by Gasteiger charge is 2.52. The number of benzene rings is 2. The summed E-state index contributed by atoms with van der Waals surface area (Å²) in [4.78, 5) is 2.38. The van der Waals surface area contributed by atoms with Gasteiger partial charge in [0.25, 0.3) is 0 Å². The molecule has 2 aromatic carbocycles. The van der Waals surface area contributed by atoms with Gasteiger partial charge in [-0.05, 0) is 62.5 Å². The molecule has 3 nitrogen and oxygen atoms in total. The highest BCUT2D eigenvalue weighted by atomic mass is 16.7. The highest BCUT2D eigenvalue weighted by Crippen LogP contribution is 2.45. The van der Waals surface area contributed by atoms with E-state index in [1.54, 1.807) is 0 Å². The minimum Gasteiger partial charge on any atom is -0.399 e. The summed E-state index contributed by atoms with van der Waals surface area (Å²) in [5, 5.41) is 0. The quantitative estimate of drug-likeness (QED) is 0.632. The zero-order valence-electron chi connectivity index (χ0n) is 19.0. The van der Waals surface area contributed by atoms with Crippen LogP contribution in [0.4, 0.5) is 11.4 Å². The van der Waals surface area contributed by atoms with Crippen LogP contribution in [0.25, 0.3) is 0 Å². The first-order chi connectivity index (χ1) is 14.1. The molecule has 0 saturated carbocycles. The zero-order valence-corrected chi connectivity index (χ0v) is 19.0. The average Bonchev–Trinajstić information content (AvgIpc) is 2.92. The molecule has 156 valence electrons. The lowest BCUT2D eigenvalue weighted by Crippen LogP contribution is -2.41. The van der Waals surface area contributed by atoms with Crippen LogP contribution < -0.4 is 10.4 Å². The molecule has 4 heteroatoms. The molecule has 2 aliphatic heterocycles. The Labute approximate surface area is 181 Å². The van der Waals surface area contributed by atoms with E-state index in [9.17, 15) is 0 Å². The van der Waals surface area contributed by atoms with Gasteiger partial charge in [-0.3, -0.25) is 0 Å². The Morgan fingerprint density at radius 1 is 0.933 bits per heavy atom. The summed E-state index contributed by atoms with van der Waals surface area (Å²) in [6, 6.07) is 17.2. The summed E-state index contributed by atoms with van der Waals surface area (Å²) < 4.78 is 12.7. The Morgan fingerprint density at radius 2 is 1.57 bits per heavy atom. The number of rotatable bonds is 3. The summed E-state index contributed by atoms with van der Waals surface area (Å²) in [7, 11) is -0.366. The number of fused-ring (bicyclic) bond motifs is 1. The normalized spacial score (nSPS) is 22.8. The molecule has 2 aliphatic rings. The smallest absolute Gasteiger partial charge is 0.399 e. The number of para-hydroxylation sites is 1. The topological polar surface area (TPSA) is 21.7 Å². The van der Waals surface area contributed by atoms with E-state index in [0.29, 0.717) is 0 Å². The van der Waals surface area contributed by atoms with Gasteiger partial charge < -0.3 is 14.2 Å². The van der Waals surface area contributed by atoms with Crippen molar-refractivity contribution < 1.29 is 9.31 Å². The van der Waals surface area contributed by atoms with E-state index in [-0.39, 0.29) is 23.7 Å². The lowest BCUT2D eigenvalue weighted by atomic mass is 9.69. The number of nitrogens with zero attached hydrogens (tertiary/aromatic N) is 1. The molecule has 0 bridgehead atoms. The van der Waals surface area contributed by atoms with Crippen molar-refractivity contribution in [1.29, 1.82) is 0 Å². The fourth-order valence-electron chi connectivity index (χ4n) is 4.28. The Balaban J connectivity index is 1.82. The zero-order chi connectivity index (χ0) is 21.7. The minimum atomic E-state index is -0.366. The standard InChI is InChI=1S/C26H32BNO2/c1-8-12-19-18-28(21-13-10-9-11-14-21)23-16-15-20(17-22(23)24(19,2)3)27-29-25(4,5)26(6,7)30-27/h8-17H,1,18H2,2-7H3/b19-12+. The van der Waals surface area contributed by atoms with Gasteiger partial charge in [-0.15, -0.1) is 0 Å². The summed E-state index contributed by atoms with van der Waals surface area (Å²) in [6.07, 6.45) is 4.05. The van der Waals surface area contributed by atoms with Crippen LogP contribution in [0.3, 0.4) is 0 Å². The molecule has 4 rings (SSSR count). The molecule has 30 heavy (non-hydrogen) atoms. The van der Waals surface area contributed by atoms with Crippen LogP contribution in [0.1, 0.15) is 47.1 Å². The molecular weight excluding hydrogens is 369 g/mol. The van der Waals surface area contributed by atoms with Crippen molar-refractivity contribution in [2.45, 2.75) is 58.2 Å². The van der Waals surface area contributed by atoms with Crippen LogP contribution in [-0.4, -0.2) is 24.9 Å². The van der Waals surface area contributed by atoms with Crippen LogP contribution >= 0.6 is 0 Å². The van der Waals surface area contributed by atoms with Crippen molar-refractivity contribution in [3.05, 3.63) is 78.4 Å². The maximum Gasteiger partial charge on any atom is 0.494 e. The lowest BCUT2D eigenvalue weighted by molar-refractivity contribution is 0.00578. The van der Waals surface area contributed by atoms with Crippen LogP contribution in [0.15, 0.2) is 72.8 Å². The van der Waals surface area contributed by atoms with E-state index in [2.05, 4.69) is 108 Å². The first-order valence-corrected chi connectivity index (χ1v) is 10.7. The third-order valence-electron chi connectivity index (χ3n) is 7.03.